The number of aryl methyl sites for hydroxylation is 1. The molecule has 0 aromatic heterocycles. The van der Waals surface area contributed by atoms with Crippen molar-refractivity contribution in [1.29, 1.82) is 0 Å². The zero-order valence-corrected chi connectivity index (χ0v) is 15.3. The minimum atomic E-state index is -1.34. The highest BCUT2D eigenvalue weighted by atomic mass is 32.2. The highest BCUT2D eigenvalue weighted by Gasteiger charge is 2.55. The van der Waals surface area contributed by atoms with Gasteiger partial charge in [-0.15, -0.1) is 0 Å². The molecule has 0 saturated heterocycles. The molecule has 0 spiro atoms. The Morgan fingerprint density at radius 1 is 1.27 bits per heavy atom. The second-order valence-corrected chi connectivity index (χ2v) is 7.71. The maximum Gasteiger partial charge on any atom is 0.316 e. The van der Waals surface area contributed by atoms with Crippen molar-refractivity contribution in [1.82, 2.24) is 0 Å². The van der Waals surface area contributed by atoms with Gasteiger partial charge in [0.1, 0.15) is 5.69 Å². The number of benzene rings is 2. The molecule has 0 radical (unpaired) electrons. The zero-order valence-electron chi connectivity index (χ0n) is 14.5. The molecule has 1 N–H and O–H groups in total. The Morgan fingerprint density at radius 3 is 2.85 bits per heavy atom. The lowest BCUT2D eigenvalue weighted by Gasteiger charge is -2.29. The number of hydrogen-bond acceptors (Lipinski definition) is 5. The molecule has 6 nitrogen and oxygen atoms in total. The molecule has 0 amide bonds. The number of nitrogens with zero attached hydrogens (tertiary/aromatic N) is 3. The Morgan fingerprint density at radius 2 is 2.08 bits per heavy atom. The van der Waals surface area contributed by atoms with E-state index in [-0.39, 0.29) is 5.69 Å². The van der Waals surface area contributed by atoms with E-state index in [9.17, 15) is 15.2 Å². The highest BCUT2D eigenvalue weighted by molar-refractivity contribution is 8.14. The van der Waals surface area contributed by atoms with Crippen molar-refractivity contribution >= 4 is 28.3 Å². The van der Waals surface area contributed by atoms with E-state index in [2.05, 4.69) is 4.58 Å². The van der Waals surface area contributed by atoms with Crippen LogP contribution in [0.1, 0.15) is 17.5 Å². The van der Waals surface area contributed by atoms with Crippen molar-refractivity contribution in [3.8, 4) is 0 Å². The summed E-state index contributed by atoms with van der Waals surface area (Å²) in [6.07, 6.45) is 1.06. The van der Waals surface area contributed by atoms with Gasteiger partial charge in [-0.05, 0) is 36.7 Å². The number of nitro benzene ring substituents is 1. The number of amidine groups is 1. The largest absolute Gasteiger partial charge is 0.346 e. The van der Waals surface area contributed by atoms with Crippen LogP contribution < -0.4 is 4.90 Å². The predicted molar refractivity (Wildman–Crippen MR) is 103 cm³/mol. The number of non-ortho nitro benzene ring substituents is 1. The van der Waals surface area contributed by atoms with Crippen LogP contribution in [0.2, 0.25) is 0 Å². The fraction of sp³-hybridized carbons (Fsp3) is 0.316. The third-order valence-corrected chi connectivity index (χ3v) is 6.11. The first kappa shape index (κ1) is 17.1. The maximum absolute atomic E-state index is 11.8. The van der Waals surface area contributed by atoms with Crippen LogP contribution in [0.15, 0.2) is 48.5 Å². The van der Waals surface area contributed by atoms with Crippen molar-refractivity contribution in [3.63, 3.8) is 0 Å². The van der Waals surface area contributed by atoms with E-state index in [0.717, 1.165) is 35.1 Å². The molecule has 26 heavy (non-hydrogen) atoms. The van der Waals surface area contributed by atoms with Gasteiger partial charge in [0.25, 0.3) is 11.4 Å². The Labute approximate surface area is 155 Å². The number of aliphatic hydroxyl groups is 1. The van der Waals surface area contributed by atoms with Crippen molar-refractivity contribution in [2.45, 2.75) is 19.1 Å². The molecule has 7 heteroatoms. The molecular formula is C19H20N3O3S+. The number of thioether (sulfide) groups is 1. The first-order chi connectivity index (χ1) is 12.5. The summed E-state index contributed by atoms with van der Waals surface area (Å²) in [7, 11) is 0. The van der Waals surface area contributed by atoms with Gasteiger partial charge in [-0.1, -0.05) is 30.3 Å². The molecule has 2 aromatic rings. The summed E-state index contributed by atoms with van der Waals surface area (Å²) in [4.78, 5) is 12.7. The van der Waals surface area contributed by atoms with Crippen LogP contribution in [0, 0.1) is 17.0 Å². The number of rotatable bonds is 3. The van der Waals surface area contributed by atoms with Gasteiger partial charge in [0.2, 0.25) is 0 Å². The molecule has 134 valence electrons. The molecule has 0 saturated carbocycles. The standard InChI is InChI=1S/C19H20N3O3S/c1-14-6-2-3-9-17(14)21-18-20(10-5-11-26-18)13-19(21,23)15-7-4-8-16(12-15)22(24)25/h2-4,6-9,12,23H,5,10-11,13H2,1H3/q+1/t19-/m1/s1. The second-order valence-electron chi connectivity index (χ2n) is 6.65. The molecule has 0 bridgehead atoms. The molecule has 2 aromatic carbocycles. The lowest BCUT2D eigenvalue weighted by atomic mass is 9.99. The molecule has 0 fully saturated rings. The molecule has 0 aliphatic carbocycles. The Hall–Kier alpha value is -2.38. The molecule has 2 aliphatic heterocycles. The summed E-state index contributed by atoms with van der Waals surface area (Å²) < 4.78 is 2.18. The SMILES string of the molecule is Cc1ccccc1N1C2=[N+](CCCS2)C[C@@]1(O)c1cccc([N+](=O)[O-])c1. The topological polar surface area (TPSA) is 69.6 Å². The number of hydrogen-bond donors (Lipinski definition) is 1. The van der Waals surface area contributed by atoms with Gasteiger partial charge < -0.3 is 5.11 Å². The summed E-state index contributed by atoms with van der Waals surface area (Å²) in [5, 5.41) is 24.0. The van der Waals surface area contributed by atoms with Crippen molar-refractivity contribution in [2.75, 3.05) is 23.7 Å². The lowest BCUT2D eigenvalue weighted by molar-refractivity contribution is -0.532. The third kappa shape index (κ3) is 2.68. The first-order valence-corrected chi connectivity index (χ1v) is 9.57. The number of nitro groups is 1. The monoisotopic (exact) mass is 370 g/mol. The number of para-hydroxylation sites is 1. The van der Waals surface area contributed by atoms with Gasteiger partial charge in [0, 0.05) is 23.4 Å². The Bertz CT molecular complexity index is 914. The van der Waals surface area contributed by atoms with Crippen LogP contribution in [-0.4, -0.2) is 38.6 Å². The van der Waals surface area contributed by atoms with Gasteiger partial charge in [-0.2, -0.15) is 4.90 Å². The molecule has 4 rings (SSSR count). The van der Waals surface area contributed by atoms with Crippen LogP contribution in [0.3, 0.4) is 0 Å². The van der Waals surface area contributed by atoms with Crippen molar-refractivity contribution in [3.05, 3.63) is 69.8 Å². The van der Waals surface area contributed by atoms with E-state index in [1.165, 1.54) is 12.1 Å². The fourth-order valence-corrected chi connectivity index (χ4v) is 4.83. The first-order valence-electron chi connectivity index (χ1n) is 8.58. The van der Waals surface area contributed by atoms with E-state index in [1.54, 1.807) is 23.9 Å². The van der Waals surface area contributed by atoms with Crippen LogP contribution in [0.5, 0.6) is 0 Å². The Balaban J connectivity index is 1.88. The van der Waals surface area contributed by atoms with Gasteiger partial charge in [-0.3, -0.25) is 10.1 Å². The predicted octanol–water partition coefficient (Wildman–Crippen LogP) is 3.07. The second kappa shape index (κ2) is 6.41. The van der Waals surface area contributed by atoms with Crippen LogP contribution in [-0.2, 0) is 5.72 Å². The minimum Gasteiger partial charge on any atom is -0.346 e. The summed E-state index contributed by atoms with van der Waals surface area (Å²) >= 11 is 1.73. The number of anilines is 1. The summed E-state index contributed by atoms with van der Waals surface area (Å²) in [5.74, 6) is 0.999. The summed E-state index contributed by atoms with van der Waals surface area (Å²) in [5.41, 5.74) is 1.16. The molecule has 2 aliphatic rings. The van der Waals surface area contributed by atoms with Gasteiger partial charge >= 0.3 is 5.17 Å². The van der Waals surface area contributed by atoms with E-state index in [1.807, 2.05) is 36.1 Å². The maximum atomic E-state index is 11.8. The average molecular weight is 370 g/mol. The van der Waals surface area contributed by atoms with E-state index >= 15 is 0 Å². The molecule has 0 unspecified atom stereocenters. The van der Waals surface area contributed by atoms with Gasteiger partial charge in [0.15, 0.2) is 6.54 Å². The lowest BCUT2D eigenvalue weighted by Crippen LogP contribution is -2.47. The van der Waals surface area contributed by atoms with Crippen LogP contribution in [0.25, 0.3) is 0 Å². The fourth-order valence-electron chi connectivity index (χ4n) is 3.66. The Kier molecular flexibility index (Phi) is 4.20. The molecule has 2 heterocycles. The van der Waals surface area contributed by atoms with E-state index in [0.29, 0.717) is 12.1 Å². The zero-order chi connectivity index (χ0) is 18.3. The quantitative estimate of drug-likeness (QED) is 0.511. The molecular weight excluding hydrogens is 350 g/mol. The normalized spacial score (nSPS) is 22.5. The smallest absolute Gasteiger partial charge is 0.316 e. The van der Waals surface area contributed by atoms with Crippen LogP contribution in [0.4, 0.5) is 11.4 Å². The summed E-state index contributed by atoms with van der Waals surface area (Å²) in [6, 6.07) is 14.3. The molecule has 1 atom stereocenters. The van der Waals surface area contributed by atoms with E-state index < -0.39 is 10.6 Å². The third-order valence-electron chi connectivity index (χ3n) is 4.92. The van der Waals surface area contributed by atoms with Crippen molar-refractivity contribution < 1.29 is 14.6 Å². The summed E-state index contributed by atoms with van der Waals surface area (Å²) in [6.45, 7) is 3.28. The minimum absolute atomic E-state index is 0.0109. The highest BCUT2D eigenvalue weighted by Crippen LogP contribution is 2.41. The van der Waals surface area contributed by atoms with E-state index in [4.69, 9.17) is 0 Å². The van der Waals surface area contributed by atoms with Crippen LogP contribution >= 0.6 is 11.8 Å². The van der Waals surface area contributed by atoms with Gasteiger partial charge in [-0.25, -0.2) is 4.58 Å². The van der Waals surface area contributed by atoms with Crippen molar-refractivity contribution in [2.24, 2.45) is 0 Å². The average Bonchev–Trinajstić information content (AvgIpc) is 2.95. The van der Waals surface area contributed by atoms with Gasteiger partial charge in [0.05, 0.1) is 11.5 Å².